The molecule has 0 spiro atoms. The monoisotopic (exact) mass is 612 g/mol. The summed E-state index contributed by atoms with van der Waals surface area (Å²) in [7, 11) is 29.8. The molecule has 0 radical (unpaired) electrons. The summed E-state index contributed by atoms with van der Waals surface area (Å²) >= 11 is 0. The Labute approximate surface area is 153 Å². The first-order chi connectivity index (χ1) is 9.02. The van der Waals surface area contributed by atoms with E-state index in [4.69, 9.17) is 1.28 Å². The van der Waals surface area contributed by atoms with Crippen molar-refractivity contribution in [2.24, 2.45) is 0 Å². The summed E-state index contributed by atoms with van der Waals surface area (Å²) in [6.07, 6.45) is 0. The van der Waals surface area contributed by atoms with E-state index in [-0.39, 0.29) is 55.9 Å². The summed E-state index contributed by atoms with van der Waals surface area (Å²) < 4.78 is 9.09. The smallest absolute Gasteiger partial charge is 0.0690 e. The first kappa shape index (κ1) is 25.2. The molecule has 0 aromatic heterocycles. The molecule has 0 aliphatic carbocycles. The minimum atomic E-state index is -0.581. The van der Waals surface area contributed by atoms with Crippen LogP contribution in [0.3, 0.4) is 0 Å². The highest BCUT2D eigenvalue weighted by molar-refractivity contribution is 9.29. The van der Waals surface area contributed by atoms with Crippen LogP contribution in [0.5, 0.6) is 0 Å². The summed E-state index contributed by atoms with van der Waals surface area (Å²) in [6, 6.07) is 0. The van der Waals surface area contributed by atoms with E-state index in [1.807, 2.05) is 0 Å². The Morgan fingerprint density at radius 3 is 1.05 bits per heavy atom. The second-order valence-electron chi connectivity index (χ2n) is 2.79. The maximum Gasteiger partial charge on any atom is 0.0690 e. The molecule has 116 valence electrons. The zero-order chi connectivity index (χ0) is 16.2. The summed E-state index contributed by atoms with van der Waals surface area (Å²) in [5.41, 5.74) is 0. The Morgan fingerprint density at radius 2 is 0.842 bits per heavy atom. The molecule has 0 N–H and O–H groups in total. The first-order valence-corrected chi connectivity index (χ1v) is 37.6. The molecule has 0 aromatic rings. The van der Waals surface area contributed by atoms with Gasteiger partial charge in [-0.05, 0) is 63.8 Å². The molecule has 0 saturated carbocycles. The Hall–Kier alpha value is 8.17. The van der Waals surface area contributed by atoms with Gasteiger partial charge >= 0.3 is 0 Å². The van der Waals surface area contributed by atoms with Gasteiger partial charge in [-0.2, -0.15) is 0 Å². The highest BCUT2D eigenvalue weighted by Gasteiger charge is 2.34. The third-order valence-corrected chi connectivity index (χ3v) is 110. The van der Waals surface area contributed by atoms with Gasteiger partial charge in [0.1, 0.15) is 0 Å². The molecule has 0 amide bonds. The molecule has 0 rings (SSSR count). The zero-order valence-electron chi connectivity index (χ0n) is 10.8. The van der Waals surface area contributed by atoms with Gasteiger partial charge in [0.15, 0.2) is 0 Å². The summed E-state index contributed by atoms with van der Waals surface area (Å²) in [5.74, 6) is 0. The number of hydrogen-bond donors (Lipinski definition) is 0. The van der Waals surface area contributed by atoms with Crippen molar-refractivity contribution in [1.29, 1.82) is 1.28 Å². The standard InChI is InChI=1S/H21P19/c1-12(2)17(13(3)4)11-18(14(5)6)19(15(7)8)16(9)10/h11H,1-10H2/i11T. The molecule has 0 aliphatic rings. The minimum Gasteiger partial charge on any atom is -0.102 e. The maximum absolute atomic E-state index is 9.09. The topological polar surface area (TPSA) is 0 Å². The molecule has 0 aromatic carbocycles. The van der Waals surface area contributed by atoms with Crippen molar-refractivity contribution in [3.63, 3.8) is 0 Å². The molecule has 19 heteroatoms. The lowest BCUT2D eigenvalue weighted by Gasteiger charge is -2.39. The summed E-state index contributed by atoms with van der Waals surface area (Å²) in [6.45, 7) is -0.901. The molecule has 12 unspecified atom stereocenters. The van der Waals surface area contributed by atoms with Gasteiger partial charge in [-0.3, -0.25) is 0 Å². The third kappa shape index (κ3) is 11.7. The van der Waals surface area contributed by atoms with E-state index in [0.717, 1.165) is 0 Å². The van der Waals surface area contributed by atoms with E-state index in [1.165, 1.54) is 0 Å². The van der Waals surface area contributed by atoms with Crippen LogP contribution < -0.4 is 0 Å². The average molecular weight is 612 g/mol. The number of rotatable bonds is 8. The molecule has 0 bridgehead atoms. The quantitative estimate of drug-likeness (QED) is 0.240. The van der Waals surface area contributed by atoms with Crippen molar-refractivity contribution < 1.29 is 0 Å². The fourth-order valence-corrected chi connectivity index (χ4v) is 185. The van der Waals surface area contributed by atoms with E-state index < -0.39 is 7.90 Å². The van der Waals surface area contributed by atoms with Crippen LogP contribution in [-0.2, 0) is 0 Å². The van der Waals surface area contributed by atoms with Gasteiger partial charge in [0, 0.05) is 0 Å². The Bertz CT molecular complexity index is 236. The lowest BCUT2D eigenvalue weighted by atomic mass is 28.6. The third-order valence-electron chi connectivity index (χ3n) is 1.35. The van der Waals surface area contributed by atoms with E-state index in [2.05, 4.69) is 89.3 Å². The predicted molar refractivity (Wildman–Crippen MR) is 161 cm³/mol. The zero-order valence-corrected chi connectivity index (χ0v) is 29.4. The van der Waals surface area contributed by atoms with Crippen molar-refractivity contribution in [2.75, 3.05) is 0 Å². The normalized spacial score (nSPS) is 17.4. The first-order valence-electron chi connectivity index (χ1n) is 4.63. The Morgan fingerprint density at radius 1 is 0.526 bits per heavy atom. The molecule has 0 nitrogen and oxygen atoms in total. The predicted octanol–water partition coefficient (Wildman–Crippen LogP) is 10.7. The summed E-state index contributed by atoms with van der Waals surface area (Å²) in [4.78, 5) is 0. The molecule has 12 atom stereocenters. The molecule has 0 aliphatic heterocycles. The maximum atomic E-state index is 9.09. The van der Waals surface area contributed by atoms with Gasteiger partial charge in [0.25, 0.3) is 0 Å². The minimum absolute atomic E-state index is 0.0283. The van der Waals surface area contributed by atoms with Crippen LogP contribution in [0.25, 0.3) is 0 Å². The van der Waals surface area contributed by atoms with Crippen LogP contribution >= 0.6 is 153 Å². The van der Waals surface area contributed by atoms with Crippen molar-refractivity contribution in [3.8, 4) is 0 Å². The number of hydrogen-bond acceptors (Lipinski definition) is 0. The van der Waals surface area contributed by atoms with E-state index in [0.29, 0.717) is 0 Å². The fraction of sp³-hybridized carbons (Fsp3) is 0. The van der Waals surface area contributed by atoms with Gasteiger partial charge in [-0.1, -0.05) is 0 Å². The van der Waals surface area contributed by atoms with Crippen molar-refractivity contribution in [1.82, 2.24) is 0 Å². The Kier molecular flexibility index (Phi) is 20.0. The SMILES string of the molecule is [3H]P(P(P(P)P)P(P)P)P(P(P)P)P(P(P)P)P(P)P. The summed E-state index contributed by atoms with van der Waals surface area (Å²) in [5, 5.41) is 0. The molecular weight excluding hydrogens is 589 g/mol. The molecule has 19 heavy (non-hydrogen) atoms. The van der Waals surface area contributed by atoms with Crippen LogP contribution in [-0.4, -0.2) is 1.28 Å². The van der Waals surface area contributed by atoms with Gasteiger partial charge < -0.3 is 0 Å². The van der Waals surface area contributed by atoms with Crippen LogP contribution in [0, 0.1) is 0 Å². The van der Waals surface area contributed by atoms with E-state index in [9.17, 15) is 0 Å². The van der Waals surface area contributed by atoms with Crippen LogP contribution in [0.15, 0.2) is 0 Å². The van der Waals surface area contributed by atoms with Crippen molar-refractivity contribution >= 4 is 153 Å². The lowest BCUT2D eigenvalue weighted by molar-refractivity contribution is 4.57. The van der Waals surface area contributed by atoms with Gasteiger partial charge in [0.2, 0.25) is 0 Å². The molecule has 0 heterocycles. The lowest BCUT2D eigenvalue weighted by Crippen LogP contribution is -1.49. The van der Waals surface area contributed by atoms with Gasteiger partial charge in [0.05, 0.1) is 1.28 Å². The van der Waals surface area contributed by atoms with E-state index >= 15 is 0 Å². The second-order valence-corrected chi connectivity index (χ2v) is 75.5. The van der Waals surface area contributed by atoms with Gasteiger partial charge in [-0.15, -0.1) is 89.3 Å². The Balaban J connectivity index is 5.44. The van der Waals surface area contributed by atoms with E-state index in [1.54, 1.807) is 0 Å². The van der Waals surface area contributed by atoms with Crippen LogP contribution in [0.4, 0.5) is 0 Å². The molecular formula is H21P19. The van der Waals surface area contributed by atoms with Crippen LogP contribution in [0.2, 0.25) is 0 Å². The molecule has 0 saturated heterocycles. The average Bonchev–Trinajstić information content (AvgIpc) is 2.22. The highest BCUT2D eigenvalue weighted by Crippen LogP contribution is 3.23. The fourth-order valence-electron chi connectivity index (χ4n) is 0.762. The van der Waals surface area contributed by atoms with Crippen molar-refractivity contribution in [3.05, 3.63) is 0 Å². The second kappa shape index (κ2) is 15.1. The molecule has 0 fully saturated rings. The largest absolute Gasteiger partial charge is 0.102 e. The van der Waals surface area contributed by atoms with Gasteiger partial charge in [-0.25, -0.2) is 0 Å². The highest BCUT2D eigenvalue weighted by atomic mass is 33.3. The van der Waals surface area contributed by atoms with Crippen molar-refractivity contribution in [2.45, 2.75) is 0 Å². The van der Waals surface area contributed by atoms with Crippen LogP contribution in [0.1, 0.15) is 0 Å².